The first-order valence-electron chi connectivity index (χ1n) is 13.1. The van der Waals surface area contributed by atoms with Crippen molar-refractivity contribution in [3.8, 4) is 0 Å². The van der Waals surface area contributed by atoms with Crippen molar-refractivity contribution in [1.82, 2.24) is 14.7 Å². The van der Waals surface area contributed by atoms with E-state index in [1.54, 1.807) is 0 Å². The summed E-state index contributed by atoms with van der Waals surface area (Å²) >= 11 is 0. The molecule has 0 bridgehead atoms. The monoisotopic (exact) mass is 457 g/mol. The number of piperazine rings is 1. The van der Waals surface area contributed by atoms with Crippen molar-refractivity contribution in [2.24, 2.45) is 11.3 Å². The lowest BCUT2D eigenvalue weighted by Gasteiger charge is -2.36. The van der Waals surface area contributed by atoms with Crippen LogP contribution >= 0.6 is 0 Å². The van der Waals surface area contributed by atoms with Crippen LogP contribution < -0.4 is 0 Å². The molecule has 3 fully saturated rings. The molecule has 1 spiro atoms. The zero-order valence-corrected chi connectivity index (χ0v) is 20.6. The van der Waals surface area contributed by atoms with Crippen LogP contribution in [0.2, 0.25) is 0 Å². The largest absolute Gasteiger partial charge is 0.340 e. The smallest absolute Gasteiger partial charge is 0.226 e. The van der Waals surface area contributed by atoms with E-state index in [9.17, 15) is 4.79 Å². The molecule has 1 amide bonds. The molecule has 1 saturated carbocycles. The Hall–Kier alpha value is -2.43. The Balaban J connectivity index is 1.03. The maximum atomic E-state index is 13.3. The van der Waals surface area contributed by atoms with E-state index in [1.807, 2.05) is 6.07 Å². The highest BCUT2D eigenvalue weighted by molar-refractivity contribution is 5.83. The van der Waals surface area contributed by atoms with E-state index in [-0.39, 0.29) is 5.92 Å². The van der Waals surface area contributed by atoms with Crippen molar-refractivity contribution in [1.29, 1.82) is 0 Å². The molecule has 2 heterocycles. The van der Waals surface area contributed by atoms with Gasteiger partial charge in [-0.25, -0.2) is 0 Å². The first-order valence-corrected chi connectivity index (χ1v) is 13.1. The van der Waals surface area contributed by atoms with Crippen LogP contribution in [0.1, 0.15) is 43.2 Å². The van der Waals surface area contributed by atoms with Gasteiger partial charge in [0, 0.05) is 45.2 Å². The van der Waals surface area contributed by atoms with Gasteiger partial charge in [-0.05, 0) is 54.8 Å². The second kappa shape index (κ2) is 10.5. The zero-order valence-electron chi connectivity index (χ0n) is 20.6. The number of rotatable bonds is 7. The molecular formula is C30H39N3O. The van der Waals surface area contributed by atoms with E-state index in [1.165, 1.54) is 24.0 Å². The van der Waals surface area contributed by atoms with Crippen LogP contribution in [0.3, 0.4) is 0 Å². The average Bonchev–Trinajstić information content (AvgIpc) is 3.60. The van der Waals surface area contributed by atoms with Crippen LogP contribution in [0, 0.1) is 11.3 Å². The summed E-state index contributed by atoms with van der Waals surface area (Å²) in [5.41, 5.74) is 2.98. The number of benzene rings is 2. The summed E-state index contributed by atoms with van der Waals surface area (Å²) in [7, 11) is 0. The van der Waals surface area contributed by atoms with Crippen molar-refractivity contribution in [3.63, 3.8) is 0 Å². The Morgan fingerprint density at radius 1 is 0.912 bits per heavy atom. The minimum absolute atomic E-state index is 0.283. The Kier molecular flexibility index (Phi) is 7.17. The molecule has 3 aliphatic rings. The van der Waals surface area contributed by atoms with Gasteiger partial charge in [0.25, 0.3) is 0 Å². The van der Waals surface area contributed by atoms with Crippen LogP contribution in [0.4, 0.5) is 0 Å². The Labute approximate surface area is 205 Å². The molecule has 34 heavy (non-hydrogen) atoms. The highest BCUT2D eigenvalue weighted by Gasteiger charge is 2.59. The molecule has 0 N–H and O–H groups in total. The van der Waals surface area contributed by atoms with Crippen LogP contribution in [0.15, 0.2) is 66.7 Å². The summed E-state index contributed by atoms with van der Waals surface area (Å²) in [6, 6.07) is 21.3. The molecule has 0 radical (unpaired) electrons. The zero-order chi connectivity index (χ0) is 23.4. The molecule has 0 aromatic heterocycles. The first kappa shape index (κ1) is 23.3. The van der Waals surface area contributed by atoms with Gasteiger partial charge in [-0.15, -0.1) is 0 Å². The molecule has 2 aliphatic heterocycles. The molecule has 2 aromatic carbocycles. The fraction of sp³-hybridized carbons (Fsp3) is 0.500. The van der Waals surface area contributed by atoms with E-state index in [0.29, 0.717) is 17.2 Å². The van der Waals surface area contributed by atoms with Crippen molar-refractivity contribution in [3.05, 3.63) is 77.9 Å². The summed E-state index contributed by atoms with van der Waals surface area (Å²) < 4.78 is 0. The summed E-state index contributed by atoms with van der Waals surface area (Å²) in [5, 5.41) is 0. The molecule has 2 aromatic rings. The number of likely N-dealkylation sites (tertiary alicyclic amines) is 1. The fourth-order valence-electron chi connectivity index (χ4n) is 5.98. The third-order valence-corrected chi connectivity index (χ3v) is 8.40. The van der Waals surface area contributed by atoms with Gasteiger partial charge in [0.05, 0.1) is 0 Å². The number of piperidine rings is 1. The van der Waals surface area contributed by atoms with Gasteiger partial charge in [-0.2, -0.15) is 0 Å². The van der Waals surface area contributed by atoms with Crippen LogP contribution in [0.25, 0.3) is 6.08 Å². The normalized spacial score (nSPS) is 23.9. The lowest BCUT2D eigenvalue weighted by atomic mass is 9.89. The number of carbonyl (C=O) groups is 1. The van der Waals surface area contributed by atoms with Gasteiger partial charge in [0.15, 0.2) is 0 Å². The van der Waals surface area contributed by atoms with Gasteiger partial charge >= 0.3 is 0 Å². The Morgan fingerprint density at radius 3 is 2.24 bits per heavy atom. The van der Waals surface area contributed by atoms with Gasteiger partial charge in [-0.3, -0.25) is 9.69 Å². The number of amides is 1. The lowest BCUT2D eigenvalue weighted by molar-refractivity contribution is -0.135. The van der Waals surface area contributed by atoms with E-state index < -0.39 is 0 Å². The van der Waals surface area contributed by atoms with E-state index >= 15 is 0 Å². The van der Waals surface area contributed by atoms with Gasteiger partial charge in [0.2, 0.25) is 5.91 Å². The first-order chi connectivity index (χ1) is 16.6. The molecule has 180 valence electrons. The van der Waals surface area contributed by atoms with Crippen molar-refractivity contribution < 1.29 is 4.79 Å². The molecule has 1 aliphatic carbocycles. The highest BCUT2D eigenvalue weighted by atomic mass is 16.2. The number of nitrogens with zero attached hydrogens (tertiary/aromatic N) is 3. The third-order valence-electron chi connectivity index (χ3n) is 8.40. The van der Waals surface area contributed by atoms with Crippen molar-refractivity contribution >= 4 is 12.0 Å². The second-order valence-electron chi connectivity index (χ2n) is 10.7. The molecule has 2 saturated heterocycles. The van der Waals surface area contributed by atoms with Crippen LogP contribution in [0.5, 0.6) is 0 Å². The van der Waals surface area contributed by atoms with Crippen molar-refractivity contribution in [2.75, 3.05) is 52.4 Å². The Bertz CT molecular complexity index is 957. The standard InChI is InChI=1S/C30H39N3O/c1-25(27-12-6-3-7-13-27)24-32-17-14-30(15-18-32)23-28(30)29(34)33-21-19-31(20-22-33)16-8-11-26-9-4-2-5-10-26/h2-13,25,28H,14-24H2,1H3/b11-8+/t25-,28-/m1/s1. The molecular weight excluding hydrogens is 418 g/mol. The maximum absolute atomic E-state index is 13.3. The molecule has 5 rings (SSSR count). The SMILES string of the molecule is C[C@H](CN1CCC2(CC1)C[C@@H]2C(=O)N1CCN(C/C=C/c2ccccc2)CC1)c1ccccc1. The summed E-state index contributed by atoms with van der Waals surface area (Å²) in [4.78, 5) is 20.5. The second-order valence-corrected chi connectivity index (χ2v) is 10.7. The van der Waals surface area contributed by atoms with Crippen LogP contribution in [-0.4, -0.2) is 73.0 Å². The fourth-order valence-corrected chi connectivity index (χ4v) is 5.98. The predicted molar refractivity (Wildman–Crippen MR) is 140 cm³/mol. The number of hydrogen-bond acceptors (Lipinski definition) is 3. The summed E-state index contributed by atoms with van der Waals surface area (Å²) in [6.07, 6.45) is 7.94. The lowest BCUT2D eigenvalue weighted by Crippen LogP contribution is -2.49. The molecule has 0 unspecified atom stereocenters. The topological polar surface area (TPSA) is 26.8 Å². The molecule has 2 atom stereocenters. The maximum Gasteiger partial charge on any atom is 0.226 e. The predicted octanol–water partition coefficient (Wildman–Crippen LogP) is 4.75. The van der Waals surface area contributed by atoms with Gasteiger partial charge < -0.3 is 9.80 Å². The van der Waals surface area contributed by atoms with E-state index in [2.05, 4.69) is 88.4 Å². The van der Waals surface area contributed by atoms with Crippen molar-refractivity contribution in [2.45, 2.75) is 32.1 Å². The number of carbonyl (C=O) groups excluding carboxylic acids is 1. The quantitative estimate of drug-likeness (QED) is 0.600. The van der Waals surface area contributed by atoms with Gasteiger partial charge in [0.1, 0.15) is 0 Å². The van der Waals surface area contributed by atoms with Gasteiger partial charge in [-0.1, -0.05) is 79.7 Å². The molecule has 4 nitrogen and oxygen atoms in total. The highest BCUT2D eigenvalue weighted by Crippen LogP contribution is 2.60. The molecule has 4 heteroatoms. The summed E-state index contributed by atoms with van der Waals surface area (Å²) in [5.74, 6) is 1.28. The Morgan fingerprint density at radius 2 is 1.56 bits per heavy atom. The average molecular weight is 458 g/mol. The third kappa shape index (κ3) is 5.45. The summed E-state index contributed by atoms with van der Waals surface area (Å²) in [6.45, 7) is 10.4. The van der Waals surface area contributed by atoms with E-state index in [4.69, 9.17) is 0 Å². The minimum Gasteiger partial charge on any atom is -0.340 e. The van der Waals surface area contributed by atoms with E-state index in [0.717, 1.165) is 58.8 Å². The van der Waals surface area contributed by atoms with Crippen LogP contribution in [-0.2, 0) is 4.79 Å². The minimum atomic E-state index is 0.283. The number of hydrogen-bond donors (Lipinski definition) is 0.